The summed E-state index contributed by atoms with van der Waals surface area (Å²) in [5.74, 6) is 0. The molecule has 4 rings (SSSR count). The quantitative estimate of drug-likeness (QED) is 0.332. The van der Waals surface area contributed by atoms with Crippen LogP contribution in [0.5, 0.6) is 0 Å². The van der Waals surface area contributed by atoms with Gasteiger partial charge in [-0.2, -0.15) is 18.2 Å². The predicted molar refractivity (Wildman–Crippen MR) is 46.0 cm³/mol. The van der Waals surface area contributed by atoms with Gasteiger partial charge in [0, 0.05) is 22.3 Å². The third-order valence-electron chi connectivity index (χ3n) is 1.81. The van der Waals surface area contributed by atoms with Crippen LogP contribution in [0.3, 0.4) is 0 Å². The zero-order valence-electron chi connectivity index (χ0n) is 6.63. The number of rotatable bonds is 0. The molecule has 13 heavy (non-hydrogen) atoms. The summed E-state index contributed by atoms with van der Waals surface area (Å²) >= 11 is 0. The molecule has 2 aromatic carbocycles. The minimum atomic E-state index is 0. The molecule has 2 nitrogen and oxygen atoms in total. The molecule has 0 radical (unpaired) electrons. The Bertz CT molecular complexity index is 471. The summed E-state index contributed by atoms with van der Waals surface area (Å²) in [4.78, 5) is 0. The Morgan fingerprint density at radius 1 is 1.23 bits per heavy atom. The van der Waals surface area contributed by atoms with Crippen LogP contribution in [-0.4, -0.2) is 0 Å². The molecule has 0 bridgehead atoms. The minimum Gasteiger partial charge on any atom is -0.561 e. The molecule has 3 heteroatoms. The Kier molecular flexibility index (Phi) is 1.91. The van der Waals surface area contributed by atoms with Gasteiger partial charge in [-0.15, -0.1) is 0 Å². The summed E-state index contributed by atoms with van der Waals surface area (Å²) in [7, 11) is 0. The molecule has 0 aliphatic rings. The van der Waals surface area contributed by atoms with E-state index in [2.05, 4.69) is 0 Å². The zero-order valence-corrected chi connectivity index (χ0v) is 7.74. The van der Waals surface area contributed by atoms with Crippen molar-refractivity contribution >= 4 is 22.3 Å². The van der Waals surface area contributed by atoms with Gasteiger partial charge in [0.15, 0.2) is 0 Å². The van der Waals surface area contributed by atoms with Gasteiger partial charge in [-0.05, 0) is 0 Å². The van der Waals surface area contributed by atoms with Crippen molar-refractivity contribution in [1.29, 1.82) is 0 Å². The maximum Gasteiger partial charge on any atom is 2.00 e. The molecule has 2 heterocycles. The third-order valence-corrected chi connectivity index (χ3v) is 1.81. The van der Waals surface area contributed by atoms with Crippen molar-refractivity contribution in [3.63, 3.8) is 0 Å². The van der Waals surface area contributed by atoms with Gasteiger partial charge in [-0.3, -0.25) is 0 Å². The molecule has 0 fully saturated rings. The molecule has 2 aromatic heterocycles. The van der Waals surface area contributed by atoms with E-state index in [-0.39, 0.29) is 17.1 Å². The molecular formula is C10H6FeO2. The first-order chi connectivity index (χ1) is 5.95. The Morgan fingerprint density at radius 3 is 2.31 bits per heavy atom. The standard InChI is InChI=1S/C5HO2.C5H5.Fe/c1-2-4(6-2)5-3(1)7-5;1-2-4-5-3-1;/h1H;1-5H;/q2*-1;+2. The van der Waals surface area contributed by atoms with Crippen LogP contribution < -0.4 is 0 Å². The molecule has 0 N–H and O–H groups in total. The fourth-order valence-electron chi connectivity index (χ4n) is 1.12. The molecule has 0 saturated carbocycles. The van der Waals surface area contributed by atoms with Gasteiger partial charge >= 0.3 is 17.1 Å². The van der Waals surface area contributed by atoms with E-state index in [1.165, 1.54) is 0 Å². The number of fused-ring (bicyclic) bond motifs is 3. The largest absolute Gasteiger partial charge is 2.00 e. The van der Waals surface area contributed by atoms with Gasteiger partial charge in [0.1, 0.15) is 0 Å². The Morgan fingerprint density at radius 2 is 2.00 bits per heavy atom. The van der Waals surface area contributed by atoms with E-state index in [1.54, 1.807) is 0 Å². The van der Waals surface area contributed by atoms with E-state index in [1.807, 2.05) is 36.4 Å². The average Bonchev–Trinajstić information content (AvgIpc) is 2.93. The Labute approximate surface area is 85.0 Å². The van der Waals surface area contributed by atoms with Crippen molar-refractivity contribution in [2.24, 2.45) is 0 Å². The van der Waals surface area contributed by atoms with Gasteiger partial charge in [0.2, 0.25) is 0 Å². The van der Waals surface area contributed by atoms with Crippen LogP contribution in [0.25, 0.3) is 22.3 Å². The van der Waals surface area contributed by atoms with Crippen LogP contribution in [-0.2, 0) is 17.1 Å². The first-order valence-corrected chi connectivity index (χ1v) is 3.81. The molecule has 0 aliphatic carbocycles. The fraction of sp³-hybridized carbons (Fsp3) is 0. The predicted octanol–water partition coefficient (Wildman–Crippen LogP) is 3.18. The maximum absolute atomic E-state index is 4.90. The van der Waals surface area contributed by atoms with Crippen molar-refractivity contribution in [2.75, 3.05) is 0 Å². The van der Waals surface area contributed by atoms with E-state index in [0.29, 0.717) is 0 Å². The monoisotopic (exact) mass is 214 g/mol. The SMILES string of the molecule is [Fe+2].c1c2oc2c2o[c-]12.c1cc[cH-]c1. The second-order valence-electron chi connectivity index (χ2n) is 2.70. The summed E-state index contributed by atoms with van der Waals surface area (Å²) in [5, 5.41) is 0. The molecule has 0 aliphatic heterocycles. The van der Waals surface area contributed by atoms with Gasteiger partial charge < -0.3 is 8.83 Å². The first kappa shape index (κ1) is 8.42. The molecule has 0 amide bonds. The number of hydrogen-bond donors (Lipinski definition) is 0. The minimum absolute atomic E-state index is 0. The molecule has 4 aromatic rings. The van der Waals surface area contributed by atoms with Crippen LogP contribution in [0.2, 0.25) is 0 Å². The van der Waals surface area contributed by atoms with Crippen LogP contribution >= 0.6 is 0 Å². The van der Waals surface area contributed by atoms with Crippen LogP contribution in [0, 0.1) is 0 Å². The van der Waals surface area contributed by atoms with E-state index >= 15 is 0 Å². The number of hydrogen-bond acceptors (Lipinski definition) is 2. The summed E-state index contributed by atoms with van der Waals surface area (Å²) in [6.07, 6.45) is 0. The maximum atomic E-state index is 4.90. The third kappa shape index (κ3) is 1.48. The van der Waals surface area contributed by atoms with Gasteiger partial charge in [-0.1, -0.05) is 6.07 Å². The molecule has 0 saturated heterocycles. The van der Waals surface area contributed by atoms with Crippen molar-refractivity contribution < 1.29 is 25.9 Å². The zero-order chi connectivity index (χ0) is 7.97. The van der Waals surface area contributed by atoms with Crippen molar-refractivity contribution in [1.82, 2.24) is 0 Å². The molecular weight excluding hydrogens is 208 g/mol. The van der Waals surface area contributed by atoms with E-state index < -0.39 is 0 Å². The normalized spacial score (nSPS) is 10.5. The molecule has 66 valence electrons. The second kappa shape index (κ2) is 2.95. The summed E-state index contributed by atoms with van der Waals surface area (Å²) in [5.41, 5.74) is 3.96. The van der Waals surface area contributed by atoms with Crippen LogP contribution in [0.15, 0.2) is 45.2 Å². The summed E-state index contributed by atoms with van der Waals surface area (Å²) < 4.78 is 9.80. The second-order valence-corrected chi connectivity index (χ2v) is 2.70. The molecule has 0 spiro atoms. The van der Waals surface area contributed by atoms with Crippen molar-refractivity contribution in [3.8, 4) is 0 Å². The van der Waals surface area contributed by atoms with Crippen LogP contribution in [0.4, 0.5) is 0 Å². The van der Waals surface area contributed by atoms with Crippen molar-refractivity contribution in [2.45, 2.75) is 0 Å². The fourth-order valence-corrected chi connectivity index (χ4v) is 1.12. The summed E-state index contributed by atoms with van der Waals surface area (Å²) in [6, 6.07) is 11.9. The summed E-state index contributed by atoms with van der Waals surface area (Å²) in [6.45, 7) is 0. The van der Waals surface area contributed by atoms with E-state index in [4.69, 9.17) is 8.83 Å². The van der Waals surface area contributed by atoms with Gasteiger partial charge in [0.25, 0.3) is 0 Å². The average molecular weight is 214 g/mol. The van der Waals surface area contributed by atoms with Gasteiger partial charge in [0.05, 0.1) is 0 Å². The first-order valence-electron chi connectivity index (χ1n) is 3.81. The smallest absolute Gasteiger partial charge is 0.561 e. The topological polar surface area (TPSA) is 26.3 Å². The van der Waals surface area contributed by atoms with E-state index in [0.717, 1.165) is 22.3 Å². The van der Waals surface area contributed by atoms with Crippen LogP contribution in [0.1, 0.15) is 0 Å². The Hall–Kier alpha value is -1.18. The van der Waals surface area contributed by atoms with E-state index in [9.17, 15) is 0 Å². The molecule has 0 atom stereocenters. The van der Waals surface area contributed by atoms with Gasteiger partial charge in [-0.25, -0.2) is 12.1 Å². The Balaban J connectivity index is 0.0000000992. The van der Waals surface area contributed by atoms with Crippen molar-refractivity contribution in [3.05, 3.63) is 36.4 Å². The molecule has 0 unspecified atom stereocenters.